The van der Waals surface area contributed by atoms with E-state index in [0.29, 0.717) is 6.54 Å². The largest absolute Gasteiger partial charge is 0.351 e. The second-order valence-electron chi connectivity index (χ2n) is 4.57. The fourth-order valence-electron chi connectivity index (χ4n) is 2.13. The van der Waals surface area contributed by atoms with E-state index in [0.717, 1.165) is 24.9 Å². The van der Waals surface area contributed by atoms with Crippen LogP contribution < -0.4 is 10.6 Å². The van der Waals surface area contributed by atoms with E-state index in [-0.39, 0.29) is 11.9 Å². The van der Waals surface area contributed by atoms with Gasteiger partial charge < -0.3 is 10.6 Å². The maximum atomic E-state index is 11.9. The Labute approximate surface area is 113 Å². The van der Waals surface area contributed by atoms with Gasteiger partial charge in [-0.05, 0) is 43.3 Å². The van der Waals surface area contributed by atoms with Gasteiger partial charge in [-0.25, -0.2) is 0 Å². The van der Waals surface area contributed by atoms with Crippen molar-refractivity contribution in [1.29, 1.82) is 0 Å². The molecule has 0 bridgehead atoms. The van der Waals surface area contributed by atoms with Gasteiger partial charge >= 0.3 is 0 Å². The average Bonchev–Trinajstić information content (AvgIpc) is 2.46. The standard InChI is InChI=1S/C14H20N2OS/c1-18-12-7-5-11(6-8-12)10-16-14(17)13-4-2-3-9-15-13/h5-8,13,15H,2-4,9-10H2,1H3,(H,16,17)/t13-/m0/s1. The van der Waals surface area contributed by atoms with Crippen molar-refractivity contribution in [2.24, 2.45) is 0 Å². The first-order valence-corrected chi connectivity index (χ1v) is 7.66. The molecule has 0 spiro atoms. The molecular weight excluding hydrogens is 244 g/mol. The van der Waals surface area contributed by atoms with Crippen LogP contribution in [0.5, 0.6) is 0 Å². The zero-order chi connectivity index (χ0) is 12.8. The minimum Gasteiger partial charge on any atom is -0.351 e. The van der Waals surface area contributed by atoms with Crippen molar-refractivity contribution in [3.05, 3.63) is 29.8 Å². The van der Waals surface area contributed by atoms with Crippen LogP contribution in [0.25, 0.3) is 0 Å². The topological polar surface area (TPSA) is 41.1 Å². The van der Waals surface area contributed by atoms with Gasteiger partial charge in [0.15, 0.2) is 0 Å². The van der Waals surface area contributed by atoms with Crippen molar-refractivity contribution < 1.29 is 4.79 Å². The first-order valence-electron chi connectivity index (χ1n) is 6.43. The molecule has 1 atom stereocenters. The molecule has 1 aliphatic rings. The molecular formula is C14H20N2OS. The summed E-state index contributed by atoms with van der Waals surface area (Å²) in [6.45, 7) is 1.58. The molecule has 0 unspecified atom stereocenters. The molecule has 1 saturated heterocycles. The Hall–Kier alpha value is -1.00. The van der Waals surface area contributed by atoms with Gasteiger partial charge in [-0.3, -0.25) is 4.79 Å². The summed E-state index contributed by atoms with van der Waals surface area (Å²) in [5.41, 5.74) is 1.15. The Morgan fingerprint density at radius 3 is 2.78 bits per heavy atom. The maximum Gasteiger partial charge on any atom is 0.237 e. The Morgan fingerprint density at radius 2 is 2.17 bits per heavy atom. The molecule has 0 radical (unpaired) electrons. The van der Waals surface area contributed by atoms with Crippen LogP contribution in [0.1, 0.15) is 24.8 Å². The van der Waals surface area contributed by atoms with E-state index in [2.05, 4.69) is 41.2 Å². The molecule has 98 valence electrons. The SMILES string of the molecule is CSc1ccc(CNC(=O)[C@@H]2CCCCN2)cc1. The van der Waals surface area contributed by atoms with Crippen molar-refractivity contribution in [2.75, 3.05) is 12.8 Å². The summed E-state index contributed by atoms with van der Waals surface area (Å²) in [5, 5.41) is 6.26. The quantitative estimate of drug-likeness (QED) is 0.819. The average molecular weight is 264 g/mol. The molecule has 0 aromatic heterocycles. The highest BCUT2D eigenvalue weighted by atomic mass is 32.2. The predicted molar refractivity (Wildman–Crippen MR) is 75.7 cm³/mol. The number of hydrogen-bond donors (Lipinski definition) is 2. The molecule has 1 aromatic rings. The van der Waals surface area contributed by atoms with E-state index in [1.54, 1.807) is 11.8 Å². The highest BCUT2D eigenvalue weighted by Gasteiger charge is 2.19. The van der Waals surface area contributed by atoms with Gasteiger partial charge in [-0.1, -0.05) is 18.6 Å². The monoisotopic (exact) mass is 264 g/mol. The third kappa shape index (κ3) is 3.75. The lowest BCUT2D eigenvalue weighted by Gasteiger charge is -2.22. The molecule has 1 fully saturated rings. The summed E-state index contributed by atoms with van der Waals surface area (Å²) in [6.07, 6.45) is 5.34. The molecule has 1 aromatic carbocycles. The van der Waals surface area contributed by atoms with Crippen LogP contribution in [0.3, 0.4) is 0 Å². The van der Waals surface area contributed by atoms with Gasteiger partial charge in [0.1, 0.15) is 0 Å². The summed E-state index contributed by atoms with van der Waals surface area (Å²) in [6, 6.07) is 8.32. The molecule has 1 heterocycles. The van der Waals surface area contributed by atoms with Crippen LogP contribution in [0.2, 0.25) is 0 Å². The van der Waals surface area contributed by atoms with Crippen molar-refractivity contribution in [3.63, 3.8) is 0 Å². The third-order valence-electron chi connectivity index (χ3n) is 3.25. The Kier molecular flexibility index (Phi) is 5.08. The van der Waals surface area contributed by atoms with Gasteiger partial charge in [-0.2, -0.15) is 0 Å². The van der Waals surface area contributed by atoms with E-state index in [9.17, 15) is 4.79 Å². The van der Waals surface area contributed by atoms with Crippen LogP contribution in [0.4, 0.5) is 0 Å². The number of hydrogen-bond acceptors (Lipinski definition) is 3. The van der Waals surface area contributed by atoms with E-state index >= 15 is 0 Å². The van der Waals surface area contributed by atoms with Crippen molar-refractivity contribution in [3.8, 4) is 0 Å². The number of thioether (sulfide) groups is 1. The Balaban J connectivity index is 1.80. The molecule has 3 nitrogen and oxygen atoms in total. The zero-order valence-corrected chi connectivity index (χ0v) is 11.6. The lowest BCUT2D eigenvalue weighted by atomic mass is 10.0. The number of carbonyl (C=O) groups excluding carboxylic acids is 1. The maximum absolute atomic E-state index is 11.9. The minimum absolute atomic E-state index is 0.00391. The van der Waals surface area contributed by atoms with Crippen LogP contribution in [0, 0.1) is 0 Å². The number of benzene rings is 1. The number of rotatable bonds is 4. The first-order chi connectivity index (χ1) is 8.79. The van der Waals surface area contributed by atoms with Gasteiger partial charge in [-0.15, -0.1) is 11.8 Å². The number of piperidine rings is 1. The van der Waals surface area contributed by atoms with Crippen molar-refractivity contribution in [1.82, 2.24) is 10.6 Å². The van der Waals surface area contributed by atoms with E-state index in [1.807, 2.05) is 0 Å². The lowest BCUT2D eigenvalue weighted by Crippen LogP contribution is -2.46. The Morgan fingerprint density at radius 1 is 1.39 bits per heavy atom. The second kappa shape index (κ2) is 6.81. The first kappa shape index (κ1) is 13.4. The van der Waals surface area contributed by atoms with Crippen LogP contribution in [-0.4, -0.2) is 24.7 Å². The molecule has 4 heteroatoms. The van der Waals surface area contributed by atoms with Crippen LogP contribution in [-0.2, 0) is 11.3 Å². The highest BCUT2D eigenvalue weighted by molar-refractivity contribution is 7.98. The smallest absolute Gasteiger partial charge is 0.237 e. The minimum atomic E-state index is 0.00391. The summed E-state index contributed by atoms with van der Waals surface area (Å²) >= 11 is 1.73. The van der Waals surface area contributed by atoms with Crippen LogP contribution >= 0.6 is 11.8 Å². The molecule has 1 amide bonds. The molecule has 18 heavy (non-hydrogen) atoms. The summed E-state index contributed by atoms with van der Waals surface area (Å²) in [5.74, 6) is 0.128. The molecule has 2 N–H and O–H groups in total. The van der Waals surface area contributed by atoms with E-state index < -0.39 is 0 Å². The number of nitrogens with one attached hydrogen (secondary N) is 2. The summed E-state index contributed by atoms with van der Waals surface area (Å²) in [4.78, 5) is 13.2. The van der Waals surface area contributed by atoms with Gasteiger partial charge in [0, 0.05) is 11.4 Å². The normalized spacial score (nSPS) is 19.5. The lowest BCUT2D eigenvalue weighted by molar-refractivity contribution is -0.123. The second-order valence-corrected chi connectivity index (χ2v) is 5.45. The fraction of sp³-hybridized carbons (Fsp3) is 0.500. The van der Waals surface area contributed by atoms with Crippen molar-refractivity contribution >= 4 is 17.7 Å². The van der Waals surface area contributed by atoms with E-state index in [4.69, 9.17) is 0 Å². The molecule has 0 aliphatic carbocycles. The molecule has 1 aliphatic heterocycles. The number of amides is 1. The summed E-state index contributed by atoms with van der Waals surface area (Å²) < 4.78 is 0. The predicted octanol–water partition coefficient (Wildman–Crippen LogP) is 2.17. The zero-order valence-electron chi connectivity index (χ0n) is 10.7. The summed E-state index contributed by atoms with van der Waals surface area (Å²) in [7, 11) is 0. The van der Waals surface area contributed by atoms with Crippen molar-refractivity contribution in [2.45, 2.75) is 36.7 Å². The number of carbonyl (C=O) groups is 1. The van der Waals surface area contributed by atoms with Gasteiger partial charge in [0.05, 0.1) is 6.04 Å². The molecule has 0 saturated carbocycles. The molecule has 2 rings (SSSR count). The van der Waals surface area contributed by atoms with Gasteiger partial charge in [0.2, 0.25) is 5.91 Å². The Bertz CT molecular complexity index is 385. The fourth-order valence-corrected chi connectivity index (χ4v) is 2.54. The third-order valence-corrected chi connectivity index (χ3v) is 4.00. The van der Waals surface area contributed by atoms with E-state index in [1.165, 1.54) is 11.3 Å². The van der Waals surface area contributed by atoms with Gasteiger partial charge in [0.25, 0.3) is 0 Å². The van der Waals surface area contributed by atoms with Crippen LogP contribution in [0.15, 0.2) is 29.2 Å². The highest BCUT2D eigenvalue weighted by Crippen LogP contribution is 2.14.